The average molecular weight is 277 g/mol. The van der Waals surface area contributed by atoms with E-state index in [-0.39, 0.29) is 18.5 Å². The molecule has 108 valence electrons. The monoisotopic (exact) mass is 277 g/mol. The van der Waals surface area contributed by atoms with E-state index in [9.17, 15) is 9.59 Å². The van der Waals surface area contributed by atoms with E-state index in [0.29, 0.717) is 5.76 Å². The molecular weight excluding hydrogens is 258 g/mol. The summed E-state index contributed by atoms with van der Waals surface area (Å²) in [5.74, 6) is 1.22. The third-order valence-corrected chi connectivity index (χ3v) is 4.21. The predicted molar refractivity (Wildman–Crippen MR) is 71.8 cm³/mol. The minimum Gasteiger partial charge on any atom is -0.465 e. The van der Waals surface area contributed by atoms with Gasteiger partial charge in [0.05, 0.1) is 12.6 Å². The number of carbonyl (C=O) groups excluding carboxylic acids is 2. The van der Waals surface area contributed by atoms with Gasteiger partial charge in [0.1, 0.15) is 17.1 Å². The van der Waals surface area contributed by atoms with E-state index in [2.05, 4.69) is 5.32 Å². The van der Waals surface area contributed by atoms with Crippen LogP contribution >= 0.6 is 0 Å². The van der Waals surface area contributed by atoms with Gasteiger partial charge >= 0.3 is 6.03 Å². The van der Waals surface area contributed by atoms with Crippen molar-refractivity contribution in [1.29, 1.82) is 0 Å². The van der Waals surface area contributed by atoms with Gasteiger partial charge in [-0.3, -0.25) is 9.69 Å². The van der Waals surface area contributed by atoms with E-state index in [1.807, 2.05) is 13.0 Å². The Kier molecular flexibility index (Phi) is 3.05. The first kappa shape index (κ1) is 13.2. The fraction of sp³-hybridized carbons (Fsp3) is 0.571. The lowest BCUT2D eigenvalue weighted by atomic mass is 9.98. The number of nitrogens with zero attached hydrogens (tertiary/aromatic N) is 1. The summed E-state index contributed by atoms with van der Waals surface area (Å²) in [6, 6.07) is 2.77. The molecule has 6 nitrogen and oxygen atoms in total. The van der Waals surface area contributed by atoms with Crippen molar-refractivity contribution in [3.05, 3.63) is 23.7 Å². The predicted octanol–water partition coefficient (Wildman–Crippen LogP) is 1.45. The Bertz CT molecular complexity index is 546. The maximum atomic E-state index is 12.5. The molecule has 1 aliphatic heterocycles. The first-order valence-electron chi connectivity index (χ1n) is 6.98. The van der Waals surface area contributed by atoms with Gasteiger partial charge in [-0.25, -0.2) is 4.79 Å². The van der Waals surface area contributed by atoms with Gasteiger partial charge in [0, 0.05) is 0 Å². The molecule has 0 radical (unpaired) electrons. The molecule has 0 aromatic carbocycles. The molecule has 2 fully saturated rings. The zero-order valence-electron chi connectivity index (χ0n) is 11.5. The largest absolute Gasteiger partial charge is 0.465 e. The SMILES string of the molecule is Cc1ccc(C(N)CN2C(=O)NC3(CCCC3)C2=O)o1. The number of rotatable bonds is 3. The van der Waals surface area contributed by atoms with Crippen molar-refractivity contribution in [2.75, 3.05) is 6.54 Å². The molecule has 0 bridgehead atoms. The molecular formula is C14H19N3O3. The van der Waals surface area contributed by atoms with Crippen molar-refractivity contribution in [3.63, 3.8) is 0 Å². The van der Waals surface area contributed by atoms with Gasteiger partial charge in [-0.2, -0.15) is 0 Å². The Morgan fingerprint density at radius 1 is 1.40 bits per heavy atom. The summed E-state index contributed by atoms with van der Waals surface area (Å²) in [4.78, 5) is 25.7. The van der Waals surface area contributed by atoms with Crippen LogP contribution in [0.1, 0.15) is 43.2 Å². The first-order chi connectivity index (χ1) is 9.52. The van der Waals surface area contributed by atoms with Crippen molar-refractivity contribution < 1.29 is 14.0 Å². The van der Waals surface area contributed by atoms with Crippen molar-refractivity contribution in [2.45, 2.75) is 44.2 Å². The fourth-order valence-electron chi connectivity index (χ4n) is 3.10. The van der Waals surface area contributed by atoms with Crippen molar-refractivity contribution >= 4 is 11.9 Å². The van der Waals surface area contributed by atoms with Gasteiger partial charge in [0.15, 0.2) is 0 Å². The number of aryl methyl sites for hydroxylation is 1. The van der Waals surface area contributed by atoms with E-state index < -0.39 is 11.6 Å². The molecule has 1 atom stereocenters. The number of nitrogens with one attached hydrogen (secondary N) is 1. The van der Waals surface area contributed by atoms with Crippen LogP contribution in [0.5, 0.6) is 0 Å². The van der Waals surface area contributed by atoms with Gasteiger partial charge in [0.25, 0.3) is 5.91 Å². The lowest BCUT2D eigenvalue weighted by Crippen LogP contribution is -2.44. The van der Waals surface area contributed by atoms with Crippen LogP contribution in [-0.2, 0) is 4.79 Å². The molecule has 1 spiro atoms. The Morgan fingerprint density at radius 3 is 2.70 bits per heavy atom. The van der Waals surface area contributed by atoms with Crippen LogP contribution in [0.25, 0.3) is 0 Å². The van der Waals surface area contributed by atoms with Crippen LogP contribution in [0.15, 0.2) is 16.5 Å². The molecule has 3 amide bonds. The molecule has 1 saturated heterocycles. The highest BCUT2D eigenvalue weighted by atomic mass is 16.3. The highest BCUT2D eigenvalue weighted by Gasteiger charge is 2.52. The zero-order valence-corrected chi connectivity index (χ0v) is 11.5. The van der Waals surface area contributed by atoms with Crippen LogP contribution in [0.4, 0.5) is 4.79 Å². The van der Waals surface area contributed by atoms with Crippen LogP contribution in [0, 0.1) is 6.92 Å². The Hall–Kier alpha value is -1.82. The molecule has 1 aliphatic carbocycles. The second-order valence-corrected chi connectivity index (χ2v) is 5.69. The molecule has 1 aromatic heterocycles. The van der Waals surface area contributed by atoms with Crippen LogP contribution in [0.2, 0.25) is 0 Å². The summed E-state index contributed by atoms with van der Waals surface area (Å²) < 4.78 is 5.45. The molecule has 2 heterocycles. The normalized spacial score (nSPS) is 22.6. The maximum Gasteiger partial charge on any atom is 0.325 e. The first-order valence-corrected chi connectivity index (χ1v) is 6.98. The average Bonchev–Trinajstić information content (AvgIpc) is 3.08. The van der Waals surface area contributed by atoms with E-state index in [0.717, 1.165) is 31.4 Å². The number of imide groups is 1. The number of hydrogen-bond acceptors (Lipinski definition) is 4. The second kappa shape index (κ2) is 4.63. The summed E-state index contributed by atoms with van der Waals surface area (Å²) in [5, 5.41) is 2.84. The third-order valence-electron chi connectivity index (χ3n) is 4.21. The Morgan fingerprint density at radius 2 is 2.10 bits per heavy atom. The number of carbonyl (C=O) groups is 2. The Balaban J connectivity index is 1.74. The molecule has 3 N–H and O–H groups in total. The third kappa shape index (κ3) is 2.00. The number of amides is 3. The maximum absolute atomic E-state index is 12.5. The van der Waals surface area contributed by atoms with E-state index in [1.165, 1.54) is 4.90 Å². The molecule has 1 aromatic rings. The highest BCUT2D eigenvalue weighted by molar-refractivity contribution is 6.07. The van der Waals surface area contributed by atoms with Crippen molar-refractivity contribution in [3.8, 4) is 0 Å². The summed E-state index contributed by atoms with van der Waals surface area (Å²) in [7, 11) is 0. The number of hydrogen-bond donors (Lipinski definition) is 2. The fourth-order valence-corrected chi connectivity index (χ4v) is 3.10. The second-order valence-electron chi connectivity index (χ2n) is 5.69. The summed E-state index contributed by atoms with van der Waals surface area (Å²) in [6.45, 7) is 1.98. The number of furan rings is 1. The van der Waals surface area contributed by atoms with Gasteiger partial charge in [-0.05, 0) is 31.9 Å². The van der Waals surface area contributed by atoms with Crippen LogP contribution < -0.4 is 11.1 Å². The summed E-state index contributed by atoms with van der Waals surface area (Å²) >= 11 is 0. The standard InChI is InChI=1S/C14H19N3O3/c1-9-4-5-11(20-9)10(15)8-17-12(18)14(16-13(17)19)6-2-3-7-14/h4-5,10H,2-3,6-8,15H2,1H3,(H,16,19). The topological polar surface area (TPSA) is 88.6 Å². The molecule has 1 unspecified atom stereocenters. The van der Waals surface area contributed by atoms with Gasteiger partial charge in [0.2, 0.25) is 0 Å². The van der Waals surface area contributed by atoms with E-state index in [1.54, 1.807) is 6.07 Å². The minimum absolute atomic E-state index is 0.140. The summed E-state index contributed by atoms with van der Waals surface area (Å²) in [5.41, 5.74) is 5.36. The van der Waals surface area contributed by atoms with Crippen molar-refractivity contribution in [1.82, 2.24) is 10.2 Å². The molecule has 6 heteroatoms. The van der Waals surface area contributed by atoms with E-state index >= 15 is 0 Å². The minimum atomic E-state index is -0.671. The number of urea groups is 1. The highest BCUT2D eigenvalue weighted by Crippen LogP contribution is 2.35. The Labute approximate surface area is 117 Å². The quantitative estimate of drug-likeness (QED) is 0.818. The molecule has 3 rings (SSSR count). The molecule has 1 saturated carbocycles. The summed E-state index contributed by atoms with van der Waals surface area (Å²) in [6.07, 6.45) is 3.40. The van der Waals surface area contributed by atoms with E-state index in [4.69, 9.17) is 10.2 Å². The van der Waals surface area contributed by atoms with Crippen LogP contribution in [0.3, 0.4) is 0 Å². The zero-order chi connectivity index (χ0) is 14.3. The van der Waals surface area contributed by atoms with Crippen LogP contribution in [-0.4, -0.2) is 28.9 Å². The van der Waals surface area contributed by atoms with Gasteiger partial charge < -0.3 is 15.5 Å². The molecule has 2 aliphatic rings. The van der Waals surface area contributed by atoms with Gasteiger partial charge in [-0.1, -0.05) is 12.8 Å². The smallest absolute Gasteiger partial charge is 0.325 e. The lowest BCUT2D eigenvalue weighted by Gasteiger charge is -2.21. The lowest BCUT2D eigenvalue weighted by molar-refractivity contribution is -0.131. The molecule has 20 heavy (non-hydrogen) atoms. The van der Waals surface area contributed by atoms with Crippen molar-refractivity contribution in [2.24, 2.45) is 5.73 Å². The van der Waals surface area contributed by atoms with Gasteiger partial charge in [-0.15, -0.1) is 0 Å². The number of nitrogens with two attached hydrogens (primary N) is 1.